The van der Waals surface area contributed by atoms with Crippen LogP contribution in [0.3, 0.4) is 0 Å². The summed E-state index contributed by atoms with van der Waals surface area (Å²) in [6.45, 7) is 4.55. The maximum absolute atomic E-state index is 9.22. The van der Waals surface area contributed by atoms with E-state index in [9.17, 15) is 5.11 Å². The van der Waals surface area contributed by atoms with Crippen molar-refractivity contribution in [3.63, 3.8) is 0 Å². The lowest BCUT2D eigenvalue weighted by molar-refractivity contribution is 0.280. The van der Waals surface area contributed by atoms with E-state index in [-0.39, 0.29) is 6.61 Å². The molecule has 0 amide bonds. The Bertz CT molecular complexity index is 498. The maximum atomic E-state index is 9.22. The maximum Gasteiger partial charge on any atom is 0.130 e. The Kier molecular flexibility index (Phi) is 2.78. The monoisotopic (exact) mass is 220 g/mol. The highest BCUT2D eigenvalue weighted by Gasteiger charge is 2.11. The molecule has 5 nitrogen and oxygen atoms in total. The van der Waals surface area contributed by atoms with Crippen molar-refractivity contribution >= 4 is 0 Å². The Labute approximate surface area is 94.4 Å². The van der Waals surface area contributed by atoms with E-state index in [0.717, 1.165) is 22.8 Å². The van der Waals surface area contributed by atoms with E-state index in [1.54, 1.807) is 6.20 Å². The van der Waals surface area contributed by atoms with Gasteiger partial charge in [-0.25, -0.2) is 4.98 Å². The summed E-state index contributed by atoms with van der Waals surface area (Å²) >= 11 is 0. The first kappa shape index (κ1) is 10.9. The summed E-state index contributed by atoms with van der Waals surface area (Å²) in [6, 6.07) is 0. The number of aromatic nitrogens is 4. The molecular formula is C11H16N4O. The van der Waals surface area contributed by atoms with Crippen molar-refractivity contribution in [3.8, 4) is 0 Å². The largest absolute Gasteiger partial charge is 0.392 e. The minimum Gasteiger partial charge on any atom is -0.392 e. The second-order valence-electron chi connectivity index (χ2n) is 3.92. The van der Waals surface area contributed by atoms with Crippen LogP contribution in [0.25, 0.3) is 0 Å². The Hall–Kier alpha value is -1.62. The van der Waals surface area contributed by atoms with Gasteiger partial charge in [-0.1, -0.05) is 0 Å². The van der Waals surface area contributed by atoms with Crippen LogP contribution in [-0.4, -0.2) is 24.4 Å². The van der Waals surface area contributed by atoms with Gasteiger partial charge in [0.2, 0.25) is 0 Å². The Morgan fingerprint density at radius 3 is 2.62 bits per heavy atom. The van der Waals surface area contributed by atoms with Gasteiger partial charge in [-0.2, -0.15) is 5.10 Å². The molecule has 0 atom stereocenters. The van der Waals surface area contributed by atoms with Crippen molar-refractivity contribution in [3.05, 3.63) is 35.2 Å². The van der Waals surface area contributed by atoms with Gasteiger partial charge in [0.05, 0.1) is 18.8 Å². The predicted molar refractivity (Wildman–Crippen MR) is 59.9 cm³/mol. The third kappa shape index (κ3) is 1.74. The number of nitrogens with zero attached hydrogens (tertiary/aromatic N) is 4. The van der Waals surface area contributed by atoms with Crippen LogP contribution >= 0.6 is 0 Å². The third-order valence-corrected chi connectivity index (χ3v) is 2.90. The molecule has 0 saturated heterocycles. The van der Waals surface area contributed by atoms with E-state index in [0.29, 0.717) is 6.54 Å². The summed E-state index contributed by atoms with van der Waals surface area (Å²) in [5.74, 6) is 0.954. The topological polar surface area (TPSA) is 55.9 Å². The molecule has 0 aliphatic heterocycles. The van der Waals surface area contributed by atoms with Crippen LogP contribution < -0.4 is 0 Å². The zero-order valence-electron chi connectivity index (χ0n) is 9.80. The molecule has 0 saturated carbocycles. The van der Waals surface area contributed by atoms with Crippen molar-refractivity contribution in [1.29, 1.82) is 0 Å². The number of aliphatic hydroxyl groups is 1. The van der Waals surface area contributed by atoms with E-state index in [1.807, 2.05) is 36.3 Å². The summed E-state index contributed by atoms with van der Waals surface area (Å²) in [7, 11) is 1.96. The molecule has 2 rings (SSSR count). The molecule has 0 radical (unpaired) electrons. The minimum atomic E-state index is 0.0399. The SMILES string of the molecule is Cc1nn(Cc2nccn2C)c(C)c1CO. The van der Waals surface area contributed by atoms with Gasteiger partial charge >= 0.3 is 0 Å². The minimum absolute atomic E-state index is 0.0399. The number of aryl methyl sites for hydroxylation is 2. The average molecular weight is 220 g/mol. The van der Waals surface area contributed by atoms with Crippen molar-refractivity contribution < 1.29 is 5.11 Å². The Morgan fingerprint density at radius 1 is 1.38 bits per heavy atom. The summed E-state index contributed by atoms with van der Waals surface area (Å²) in [5.41, 5.74) is 2.80. The van der Waals surface area contributed by atoms with E-state index in [2.05, 4.69) is 10.1 Å². The molecule has 86 valence electrons. The first-order valence-electron chi connectivity index (χ1n) is 5.23. The van der Waals surface area contributed by atoms with Gasteiger partial charge in [0.15, 0.2) is 0 Å². The summed E-state index contributed by atoms with van der Waals surface area (Å²) in [4.78, 5) is 4.26. The molecule has 5 heteroatoms. The van der Waals surface area contributed by atoms with Crippen molar-refractivity contribution in [1.82, 2.24) is 19.3 Å². The zero-order chi connectivity index (χ0) is 11.7. The van der Waals surface area contributed by atoms with E-state index in [4.69, 9.17) is 0 Å². The van der Waals surface area contributed by atoms with Crippen molar-refractivity contribution in [2.24, 2.45) is 7.05 Å². The number of hydrogen-bond donors (Lipinski definition) is 1. The van der Waals surface area contributed by atoms with E-state index >= 15 is 0 Å². The number of imidazole rings is 1. The molecule has 0 fully saturated rings. The van der Waals surface area contributed by atoms with Gasteiger partial charge in [0.1, 0.15) is 5.82 Å². The van der Waals surface area contributed by atoms with Crippen molar-refractivity contribution in [2.45, 2.75) is 27.0 Å². The average Bonchev–Trinajstić information content (AvgIpc) is 2.74. The molecular weight excluding hydrogens is 204 g/mol. The highest BCUT2D eigenvalue weighted by atomic mass is 16.3. The lowest BCUT2D eigenvalue weighted by atomic mass is 10.2. The first-order chi connectivity index (χ1) is 7.63. The van der Waals surface area contributed by atoms with E-state index < -0.39 is 0 Å². The predicted octanol–water partition coefficient (Wildman–Crippen LogP) is 0.774. The number of rotatable bonds is 3. The fraction of sp³-hybridized carbons (Fsp3) is 0.455. The van der Waals surface area contributed by atoms with E-state index in [1.165, 1.54) is 0 Å². The first-order valence-corrected chi connectivity index (χ1v) is 5.23. The van der Waals surface area contributed by atoms with Gasteiger partial charge in [0, 0.05) is 30.7 Å². The molecule has 1 N–H and O–H groups in total. The fourth-order valence-corrected chi connectivity index (χ4v) is 1.80. The molecule has 2 aromatic heterocycles. The standard InChI is InChI=1S/C11H16N4O/c1-8-10(7-16)9(2)15(13-8)6-11-12-4-5-14(11)3/h4-5,16H,6-7H2,1-3H3. The van der Waals surface area contributed by atoms with Crippen LogP contribution in [0.2, 0.25) is 0 Å². The van der Waals surface area contributed by atoms with Gasteiger partial charge in [-0.05, 0) is 13.8 Å². The lowest BCUT2D eigenvalue weighted by Crippen LogP contribution is -2.09. The van der Waals surface area contributed by atoms with Crippen LogP contribution in [0.5, 0.6) is 0 Å². The van der Waals surface area contributed by atoms with Gasteiger partial charge < -0.3 is 9.67 Å². The quantitative estimate of drug-likeness (QED) is 0.831. The molecule has 0 aromatic carbocycles. The van der Waals surface area contributed by atoms with Crippen LogP contribution in [-0.2, 0) is 20.2 Å². The third-order valence-electron chi connectivity index (χ3n) is 2.90. The molecule has 0 spiro atoms. The highest BCUT2D eigenvalue weighted by molar-refractivity contribution is 5.23. The number of aliphatic hydroxyl groups excluding tert-OH is 1. The summed E-state index contributed by atoms with van der Waals surface area (Å²) < 4.78 is 3.85. The zero-order valence-corrected chi connectivity index (χ0v) is 9.80. The van der Waals surface area contributed by atoms with Gasteiger partial charge in [-0.15, -0.1) is 0 Å². The smallest absolute Gasteiger partial charge is 0.130 e. The van der Waals surface area contributed by atoms with Crippen LogP contribution in [0.1, 0.15) is 22.8 Å². The molecule has 0 bridgehead atoms. The van der Waals surface area contributed by atoms with Gasteiger partial charge in [-0.3, -0.25) is 4.68 Å². The molecule has 0 aliphatic rings. The molecule has 0 aliphatic carbocycles. The highest BCUT2D eigenvalue weighted by Crippen LogP contribution is 2.13. The molecule has 16 heavy (non-hydrogen) atoms. The summed E-state index contributed by atoms with van der Waals surface area (Å²) in [6.07, 6.45) is 3.68. The van der Waals surface area contributed by atoms with Crippen molar-refractivity contribution in [2.75, 3.05) is 0 Å². The van der Waals surface area contributed by atoms with Gasteiger partial charge in [0.25, 0.3) is 0 Å². The Balaban J connectivity index is 2.32. The summed E-state index contributed by atoms with van der Waals surface area (Å²) in [5, 5.41) is 13.6. The fourth-order valence-electron chi connectivity index (χ4n) is 1.80. The Morgan fingerprint density at radius 2 is 2.12 bits per heavy atom. The normalized spacial score (nSPS) is 11.0. The molecule has 0 unspecified atom stereocenters. The lowest BCUT2D eigenvalue weighted by Gasteiger charge is -2.04. The second kappa shape index (κ2) is 4.09. The molecule has 2 aromatic rings. The van der Waals surface area contributed by atoms with Crippen LogP contribution in [0.15, 0.2) is 12.4 Å². The van der Waals surface area contributed by atoms with Crippen LogP contribution in [0, 0.1) is 13.8 Å². The van der Waals surface area contributed by atoms with Crippen LogP contribution in [0.4, 0.5) is 0 Å². The molecule has 2 heterocycles. The number of hydrogen-bond acceptors (Lipinski definition) is 3. The second-order valence-corrected chi connectivity index (χ2v) is 3.92.